The second-order valence-electron chi connectivity index (χ2n) is 6.43. The van der Waals surface area contributed by atoms with E-state index in [0.29, 0.717) is 17.7 Å². The van der Waals surface area contributed by atoms with Crippen LogP contribution in [-0.4, -0.2) is 21.6 Å². The molecule has 0 spiro atoms. The van der Waals surface area contributed by atoms with Crippen LogP contribution in [0.25, 0.3) is 16.9 Å². The minimum Gasteiger partial charge on any atom is -0.481 e. The van der Waals surface area contributed by atoms with Gasteiger partial charge in [-0.25, -0.2) is 0 Å². The number of nitrogens with two attached hydrogens (primary N) is 2. The van der Waals surface area contributed by atoms with Crippen LogP contribution >= 0.6 is 0 Å². The van der Waals surface area contributed by atoms with Crippen LogP contribution in [0, 0.1) is 6.92 Å². The summed E-state index contributed by atoms with van der Waals surface area (Å²) in [6.07, 6.45) is 0.422. The molecule has 0 saturated heterocycles. The topological polar surface area (TPSA) is 111 Å². The van der Waals surface area contributed by atoms with E-state index in [2.05, 4.69) is 0 Å². The fourth-order valence-corrected chi connectivity index (χ4v) is 3.13. The second kappa shape index (κ2) is 7.37. The Balaban J connectivity index is 2.15. The molecule has 27 heavy (non-hydrogen) atoms. The molecule has 0 aliphatic rings. The highest BCUT2D eigenvalue weighted by atomic mass is 16.4. The van der Waals surface area contributed by atoms with Gasteiger partial charge >= 0.3 is 5.97 Å². The summed E-state index contributed by atoms with van der Waals surface area (Å²) in [6.45, 7) is 1.90. The van der Waals surface area contributed by atoms with Crippen molar-refractivity contribution in [2.45, 2.75) is 19.8 Å². The Bertz CT molecular complexity index is 1000. The summed E-state index contributed by atoms with van der Waals surface area (Å²) in [5, 5.41) is 9.07. The maximum absolute atomic E-state index is 11.5. The Morgan fingerprint density at radius 1 is 1.04 bits per heavy atom. The number of carboxylic acids is 1. The molecule has 6 nitrogen and oxygen atoms in total. The molecule has 0 fully saturated rings. The van der Waals surface area contributed by atoms with Crippen LogP contribution in [0.4, 0.5) is 5.69 Å². The lowest BCUT2D eigenvalue weighted by Crippen LogP contribution is -2.12. The van der Waals surface area contributed by atoms with Gasteiger partial charge in [-0.05, 0) is 66.9 Å². The number of aromatic nitrogens is 1. The summed E-state index contributed by atoms with van der Waals surface area (Å²) in [5.74, 6) is -1.33. The Labute approximate surface area is 157 Å². The number of nitrogens with zero attached hydrogens (tertiary/aromatic N) is 1. The van der Waals surface area contributed by atoms with Crippen molar-refractivity contribution >= 4 is 17.6 Å². The molecule has 0 atom stereocenters. The van der Waals surface area contributed by atoms with Gasteiger partial charge in [-0.3, -0.25) is 9.59 Å². The molecular weight excluding hydrogens is 342 g/mol. The summed E-state index contributed by atoms with van der Waals surface area (Å²) in [4.78, 5) is 22.5. The summed E-state index contributed by atoms with van der Waals surface area (Å²) < 4.78 is 2.02. The first-order chi connectivity index (χ1) is 12.9. The number of carbonyl (C=O) groups is 2. The van der Waals surface area contributed by atoms with E-state index in [9.17, 15) is 9.59 Å². The van der Waals surface area contributed by atoms with Gasteiger partial charge in [0.25, 0.3) is 0 Å². The maximum atomic E-state index is 11.5. The number of carbonyl (C=O) groups excluding carboxylic acids is 1. The third-order valence-corrected chi connectivity index (χ3v) is 4.49. The average Bonchev–Trinajstić information content (AvgIpc) is 3.04. The van der Waals surface area contributed by atoms with Gasteiger partial charge in [0.05, 0.1) is 12.1 Å². The van der Waals surface area contributed by atoms with Crippen molar-refractivity contribution in [2.24, 2.45) is 5.73 Å². The Morgan fingerprint density at radius 2 is 1.74 bits per heavy atom. The maximum Gasteiger partial charge on any atom is 0.303 e. The summed E-state index contributed by atoms with van der Waals surface area (Å²) in [7, 11) is 0. The Hall–Kier alpha value is -3.54. The van der Waals surface area contributed by atoms with Crippen LogP contribution in [0.5, 0.6) is 0 Å². The van der Waals surface area contributed by atoms with E-state index in [0.717, 1.165) is 28.2 Å². The number of primary amides is 1. The van der Waals surface area contributed by atoms with Crippen LogP contribution < -0.4 is 11.5 Å². The summed E-state index contributed by atoms with van der Waals surface area (Å²) in [5.41, 5.74) is 16.8. The van der Waals surface area contributed by atoms with Crippen LogP contribution in [0.2, 0.25) is 0 Å². The van der Waals surface area contributed by atoms with E-state index in [1.807, 2.05) is 54.0 Å². The lowest BCUT2D eigenvalue weighted by molar-refractivity contribution is -0.136. The van der Waals surface area contributed by atoms with Gasteiger partial charge in [0, 0.05) is 22.6 Å². The molecule has 0 aliphatic carbocycles. The molecule has 1 aromatic heterocycles. The van der Waals surface area contributed by atoms with Crippen molar-refractivity contribution in [3.63, 3.8) is 0 Å². The van der Waals surface area contributed by atoms with Gasteiger partial charge in [-0.2, -0.15) is 0 Å². The van der Waals surface area contributed by atoms with Gasteiger partial charge in [-0.1, -0.05) is 12.1 Å². The summed E-state index contributed by atoms with van der Waals surface area (Å²) in [6, 6.07) is 16.6. The van der Waals surface area contributed by atoms with E-state index in [1.165, 1.54) is 0 Å². The number of anilines is 1. The zero-order chi connectivity index (χ0) is 19.6. The highest BCUT2D eigenvalue weighted by molar-refractivity contribution is 5.93. The molecule has 3 aromatic rings. The van der Waals surface area contributed by atoms with Crippen molar-refractivity contribution in [2.75, 3.05) is 5.73 Å². The minimum atomic E-state index is -0.849. The van der Waals surface area contributed by atoms with E-state index in [1.54, 1.807) is 12.1 Å². The highest BCUT2D eigenvalue weighted by Crippen LogP contribution is 2.30. The van der Waals surface area contributed by atoms with Crippen molar-refractivity contribution in [3.8, 4) is 16.9 Å². The number of carboxylic acid groups (broad SMARTS) is 1. The molecule has 0 radical (unpaired) electrons. The van der Waals surface area contributed by atoms with Crippen LogP contribution in [-0.2, 0) is 11.2 Å². The zero-order valence-electron chi connectivity index (χ0n) is 15.0. The molecule has 1 heterocycles. The first kappa shape index (κ1) is 18.3. The van der Waals surface area contributed by atoms with Crippen molar-refractivity contribution in [3.05, 3.63) is 71.4 Å². The monoisotopic (exact) mass is 363 g/mol. The number of benzene rings is 2. The predicted octanol–water partition coefficient (Wildman–Crippen LogP) is 3.15. The van der Waals surface area contributed by atoms with Crippen molar-refractivity contribution < 1.29 is 14.7 Å². The molecule has 0 aliphatic heterocycles. The molecule has 1 amide bonds. The van der Waals surface area contributed by atoms with Gasteiger partial charge in [0.15, 0.2) is 0 Å². The number of hydrogen-bond acceptors (Lipinski definition) is 3. The number of aryl methyl sites for hydroxylation is 2. The fraction of sp³-hybridized carbons (Fsp3) is 0.143. The molecule has 3 rings (SSSR count). The molecule has 2 aromatic carbocycles. The number of amides is 1. The molecular formula is C21H21N3O3. The second-order valence-corrected chi connectivity index (χ2v) is 6.43. The molecule has 0 bridgehead atoms. The van der Waals surface area contributed by atoms with E-state index < -0.39 is 11.9 Å². The predicted molar refractivity (Wildman–Crippen MR) is 105 cm³/mol. The molecule has 5 N–H and O–H groups in total. The van der Waals surface area contributed by atoms with E-state index in [-0.39, 0.29) is 6.42 Å². The van der Waals surface area contributed by atoms with E-state index in [4.69, 9.17) is 16.6 Å². The lowest BCUT2D eigenvalue weighted by Gasteiger charge is -2.17. The SMILES string of the molecule is Cc1cc(C(N)=O)ccc1-n1c(CCC(=O)O)ccc1-c1ccc(N)cc1. The van der Waals surface area contributed by atoms with Crippen molar-refractivity contribution in [1.82, 2.24) is 4.57 Å². The lowest BCUT2D eigenvalue weighted by atomic mass is 10.1. The molecule has 6 heteroatoms. The number of nitrogen functional groups attached to an aromatic ring is 1. The minimum absolute atomic E-state index is 0.0314. The molecule has 138 valence electrons. The Morgan fingerprint density at radius 3 is 2.33 bits per heavy atom. The van der Waals surface area contributed by atoms with Crippen molar-refractivity contribution in [1.29, 1.82) is 0 Å². The third-order valence-electron chi connectivity index (χ3n) is 4.49. The van der Waals surface area contributed by atoms with Gasteiger partial charge in [-0.15, -0.1) is 0 Å². The first-order valence-corrected chi connectivity index (χ1v) is 8.56. The number of rotatable bonds is 6. The highest BCUT2D eigenvalue weighted by Gasteiger charge is 2.15. The zero-order valence-corrected chi connectivity index (χ0v) is 15.0. The van der Waals surface area contributed by atoms with Gasteiger partial charge < -0.3 is 21.1 Å². The number of aliphatic carboxylic acids is 1. The van der Waals surface area contributed by atoms with Gasteiger partial charge in [0.2, 0.25) is 5.91 Å². The molecule has 0 unspecified atom stereocenters. The van der Waals surface area contributed by atoms with Crippen LogP contribution in [0.1, 0.15) is 28.0 Å². The van der Waals surface area contributed by atoms with Crippen LogP contribution in [0.3, 0.4) is 0 Å². The first-order valence-electron chi connectivity index (χ1n) is 8.56. The fourth-order valence-electron chi connectivity index (χ4n) is 3.13. The Kier molecular flexibility index (Phi) is 4.98. The number of hydrogen-bond donors (Lipinski definition) is 3. The third kappa shape index (κ3) is 3.84. The molecule has 0 saturated carbocycles. The largest absolute Gasteiger partial charge is 0.481 e. The summed E-state index contributed by atoms with van der Waals surface area (Å²) >= 11 is 0. The normalized spacial score (nSPS) is 10.7. The standard InChI is InChI=1S/C21H21N3O3/c1-13-12-15(21(23)27)4-9-18(13)24-17(8-11-20(25)26)7-10-19(24)14-2-5-16(22)6-3-14/h2-7,9-10,12H,8,11,22H2,1H3,(H2,23,27)(H,25,26). The average molecular weight is 363 g/mol. The quantitative estimate of drug-likeness (QED) is 0.584. The van der Waals surface area contributed by atoms with Gasteiger partial charge in [0.1, 0.15) is 0 Å². The smallest absolute Gasteiger partial charge is 0.303 e. The van der Waals surface area contributed by atoms with E-state index >= 15 is 0 Å². The van der Waals surface area contributed by atoms with Crippen LogP contribution in [0.15, 0.2) is 54.6 Å².